The van der Waals surface area contributed by atoms with E-state index >= 15 is 0 Å². The largest absolute Gasteiger partial charge is 0.478 e. The van der Waals surface area contributed by atoms with Gasteiger partial charge in [-0.2, -0.15) is 12.7 Å². The van der Waals surface area contributed by atoms with Crippen molar-refractivity contribution in [3.8, 4) is 0 Å². The van der Waals surface area contributed by atoms with E-state index in [1.807, 2.05) is 6.92 Å². The van der Waals surface area contributed by atoms with Gasteiger partial charge < -0.3 is 5.11 Å². The average molecular weight is 377 g/mol. The molecule has 0 radical (unpaired) electrons. The highest BCUT2D eigenvalue weighted by Crippen LogP contribution is 2.26. The molecule has 1 atom stereocenters. The van der Waals surface area contributed by atoms with Gasteiger partial charge in [-0.15, -0.1) is 0 Å². The smallest absolute Gasteiger partial charge is 0.335 e. The SMILES string of the molecule is CC1CCCN(S(=O)(=O)Nc2ccc(C(=O)O)cc2Br)C1. The van der Waals surface area contributed by atoms with Crippen LogP contribution in [0.1, 0.15) is 30.1 Å². The summed E-state index contributed by atoms with van der Waals surface area (Å²) in [7, 11) is -3.62. The van der Waals surface area contributed by atoms with Crippen LogP contribution in [0.2, 0.25) is 0 Å². The van der Waals surface area contributed by atoms with Crippen LogP contribution in [0.4, 0.5) is 5.69 Å². The Balaban J connectivity index is 2.18. The first-order chi connectivity index (χ1) is 9.79. The van der Waals surface area contributed by atoms with E-state index < -0.39 is 16.2 Å². The highest BCUT2D eigenvalue weighted by Gasteiger charge is 2.27. The lowest BCUT2D eigenvalue weighted by atomic mass is 10.0. The lowest BCUT2D eigenvalue weighted by Crippen LogP contribution is -2.42. The van der Waals surface area contributed by atoms with Gasteiger partial charge in [-0.25, -0.2) is 4.79 Å². The Hall–Kier alpha value is -1.12. The minimum absolute atomic E-state index is 0.0939. The van der Waals surface area contributed by atoms with E-state index in [0.29, 0.717) is 29.2 Å². The summed E-state index contributed by atoms with van der Waals surface area (Å²) in [4.78, 5) is 10.9. The predicted molar refractivity (Wildman–Crippen MR) is 83.6 cm³/mol. The van der Waals surface area contributed by atoms with Crippen molar-refractivity contribution < 1.29 is 18.3 Å². The van der Waals surface area contributed by atoms with Gasteiger partial charge in [0.2, 0.25) is 0 Å². The van der Waals surface area contributed by atoms with Crippen molar-refractivity contribution >= 4 is 37.8 Å². The molecule has 2 N–H and O–H groups in total. The summed E-state index contributed by atoms with van der Waals surface area (Å²) < 4.78 is 29.0. The van der Waals surface area contributed by atoms with Crippen molar-refractivity contribution in [2.45, 2.75) is 19.8 Å². The van der Waals surface area contributed by atoms with Gasteiger partial charge in [0.05, 0.1) is 11.3 Å². The summed E-state index contributed by atoms with van der Waals surface area (Å²) in [6.07, 6.45) is 1.88. The van der Waals surface area contributed by atoms with Crippen LogP contribution < -0.4 is 4.72 Å². The number of halogens is 1. The van der Waals surface area contributed by atoms with Crippen molar-refractivity contribution in [2.75, 3.05) is 17.8 Å². The molecular formula is C13H17BrN2O4S. The molecule has 1 aliphatic rings. The monoisotopic (exact) mass is 376 g/mol. The second-order valence-electron chi connectivity index (χ2n) is 5.21. The molecule has 1 aromatic rings. The highest BCUT2D eigenvalue weighted by atomic mass is 79.9. The van der Waals surface area contributed by atoms with Crippen LogP contribution in [0.5, 0.6) is 0 Å². The van der Waals surface area contributed by atoms with Crippen molar-refractivity contribution in [2.24, 2.45) is 5.92 Å². The number of nitrogens with one attached hydrogen (secondary N) is 1. The molecule has 1 aromatic carbocycles. The molecule has 116 valence electrons. The molecule has 1 aliphatic heterocycles. The Kier molecular flexibility index (Phi) is 4.90. The Morgan fingerprint density at radius 3 is 2.76 bits per heavy atom. The molecule has 0 aromatic heterocycles. The summed E-state index contributed by atoms with van der Waals surface area (Å²) in [6.45, 7) is 3.03. The Morgan fingerprint density at radius 1 is 1.48 bits per heavy atom. The van der Waals surface area contributed by atoms with E-state index in [-0.39, 0.29) is 5.56 Å². The van der Waals surface area contributed by atoms with Crippen LogP contribution in [0.3, 0.4) is 0 Å². The molecule has 6 nitrogen and oxygen atoms in total. The van der Waals surface area contributed by atoms with Crippen LogP contribution >= 0.6 is 15.9 Å². The summed E-state index contributed by atoms with van der Waals surface area (Å²) in [5.41, 5.74) is 0.426. The zero-order valence-electron chi connectivity index (χ0n) is 11.5. The van der Waals surface area contributed by atoms with Gasteiger partial charge in [0.1, 0.15) is 0 Å². The molecule has 1 saturated heterocycles. The fraction of sp³-hybridized carbons (Fsp3) is 0.462. The van der Waals surface area contributed by atoms with E-state index in [2.05, 4.69) is 20.7 Å². The van der Waals surface area contributed by atoms with Crippen LogP contribution in [-0.2, 0) is 10.2 Å². The zero-order chi connectivity index (χ0) is 15.6. The molecule has 0 spiro atoms. The van der Waals surface area contributed by atoms with Gasteiger partial charge in [-0.05, 0) is 52.9 Å². The van der Waals surface area contributed by atoms with E-state index in [4.69, 9.17) is 5.11 Å². The van der Waals surface area contributed by atoms with Crippen LogP contribution in [0.15, 0.2) is 22.7 Å². The maximum Gasteiger partial charge on any atom is 0.335 e. The van der Waals surface area contributed by atoms with Crippen molar-refractivity contribution in [1.82, 2.24) is 4.31 Å². The number of hydrogen-bond acceptors (Lipinski definition) is 3. The normalized spacial score (nSPS) is 20.2. The third-order valence-electron chi connectivity index (χ3n) is 3.41. The predicted octanol–water partition coefficient (Wildman–Crippen LogP) is 2.54. The van der Waals surface area contributed by atoms with E-state index in [1.54, 1.807) is 0 Å². The fourth-order valence-electron chi connectivity index (χ4n) is 2.30. The summed E-state index contributed by atoms with van der Waals surface area (Å²) in [5, 5.41) is 8.90. The molecule has 1 unspecified atom stereocenters. The molecule has 0 bridgehead atoms. The quantitative estimate of drug-likeness (QED) is 0.844. The number of benzene rings is 1. The number of piperidine rings is 1. The van der Waals surface area contributed by atoms with E-state index in [0.717, 1.165) is 12.8 Å². The number of nitrogens with zero attached hydrogens (tertiary/aromatic N) is 1. The number of carboxylic acid groups (broad SMARTS) is 1. The van der Waals surface area contributed by atoms with Crippen LogP contribution in [0.25, 0.3) is 0 Å². The van der Waals surface area contributed by atoms with Gasteiger partial charge in [-0.3, -0.25) is 4.72 Å². The second-order valence-corrected chi connectivity index (χ2v) is 7.74. The second kappa shape index (κ2) is 6.33. The number of anilines is 1. The number of carboxylic acids is 1. The van der Waals surface area contributed by atoms with Gasteiger partial charge in [0.15, 0.2) is 0 Å². The van der Waals surface area contributed by atoms with Gasteiger partial charge in [0, 0.05) is 17.6 Å². The topological polar surface area (TPSA) is 86.7 Å². The van der Waals surface area contributed by atoms with Gasteiger partial charge in [0.25, 0.3) is 0 Å². The number of carbonyl (C=O) groups is 1. The fourth-order valence-corrected chi connectivity index (χ4v) is 4.31. The third-order valence-corrected chi connectivity index (χ3v) is 5.56. The summed E-state index contributed by atoms with van der Waals surface area (Å²) in [5.74, 6) is -0.719. The summed E-state index contributed by atoms with van der Waals surface area (Å²) >= 11 is 3.20. The van der Waals surface area contributed by atoms with Gasteiger partial charge in [-0.1, -0.05) is 6.92 Å². The molecule has 2 rings (SSSR count). The number of rotatable bonds is 4. The number of aromatic carboxylic acids is 1. The molecule has 0 aliphatic carbocycles. The first-order valence-electron chi connectivity index (χ1n) is 6.60. The lowest BCUT2D eigenvalue weighted by molar-refractivity contribution is 0.0697. The molecular weight excluding hydrogens is 360 g/mol. The molecule has 0 saturated carbocycles. The van der Waals surface area contributed by atoms with E-state index in [1.165, 1.54) is 22.5 Å². The maximum absolute atomic E-state index is 12.3. The van der Waals surface area contributed by atoms with Crippen LogP contribution in [0, 0.1) is 5.92 Å². The molecule has 21 heavy (non-hydrogen) atoms. The highest BCUT2D eigenvalue weighted by molar-refractivity contribution is 9.10. The summed E-state index contributed by atoms with van der Waals surface area (Å²) in [6, 6.07) is 4.18. The minimum Gasteiger partial charge on any atom is -0.478 e. The average Bonchev–Trinajstić information content (AvgIpc) is 2.40. The Labute approximate surface area is 132 Å². The lowest BCUT2D eigenvalue weighted by Gasteiger charge is -2.30. The standard InChI is InChI=1S/C13H17BrN2O4S/c1-9-3-2-6-16(8-9)21(19,20)15-12-5-4-10(13(17)18)7-11(12)14/h4-5,7,9,15H,2-3,6,8H2,1H3,(H,17,18). The van der Waals surface area contributed by atoms with Crippen molar-refractivity contribution in [3.05, 3.63) is 28.2 Å². The Bertz CT molecular complexity index is 648. The first kappa shape index (κ1) is 16.3. The third kappa shape index (κ3) is 3.96. The molecule has 0 amide bonds. The minimum atomic E-state index is -3.62. The number of hydrogen-bond donors (Lipinski definition) is 2. The Morgan fingerprint density at radius 2 is 2.19 bits per heavy atom. The first-order valence-corrected chi connectivity index (χ1v) is 8.83. The van der Waals surface area contributed by atoms with Crippen molar-refractivity contribution in [1.29, 1.82) is 0 Å². The van der Waals surface area contributed by atoms with Gasteiger partial charge >= 0.3 is 16.2 Å². The zero-order valence-corrected chi connectivity index (χ0v) is 13.9. The van der Waals surface area contributed by atoms with Crippen LogP contribution in [-0.4, -0.2) is 36.9 Å². The van der Waals surface area contributed by atoms with Crippen molar-refractivity contribution in [3.63, 3.8) is 0 Å². The molecule has 8 heteroatoms. The van der Waals surface area contributed by atoms with E-state index in [9.17, 15) is 13.2 Å². The molecule has 1 fully saturated rings. The molecule has 1 heterocycles. The maximum atomic E-state index is 12.3.